The van der Waals surface area contributed by atoms with Crippen molar-refractivity contribution in [3.63, 3.8) is 0 Å². The third-order valence-corrected chi connectivity index (χ3v) is 7.48. The molecule has 2 aliphatic carbocycles. The molecule has 0 unspecified atom stereocenters. The Balaban J connectivity index is 1.94. The molecule has 1 nitrogen and oxygen atoms in total. The van der Waals surface area contributed by atoms with Crippen LogP contribution >= 0.6 is 0 Å². The quantitative estimate of drug-likeness (QED) is 0.422. The van der Waals surface area contributed by atoms with E-state index in [-0.39, 0.29) is 5.41 Å². The Morgan fingerprint density at radius 1 is 1.04 bits per heavy atom. The lowest BCUT2D eigenvalue weighted by Crippen LogP contribution is -2.38. The van der Waals surface area contributed by atoms with Crippen LogP contribution in [0.4, 0.5) is 0 Å². The zero-order valence-corrected chi connectivity index (χ0v) is 17.9. The average molecular weight is 372 g/mol. The number of hydrogen-bond acceptors (Lipinski definition) is 0. The van der Waals surface area contributed by atoms with Crippen molar-refractivity contribution in [1.29, 1.82) is 0 Å². The Labute approximate surface area is 170 Å². The maximum absolute atomic E-state index is 8.98. The van der Waals surface area contributed by atoms with Crippen molar-refractivity contribution in [3.05, 3.63) is 64.3 Å². The number of aromatic nitrogens is 1. The van der Waals surface area contributed by atoms with Gasteiger partial charge in [0.1, 0.15) is 7.05 Å². The summed E-state index contributed by atoms with van der Waals surface area (Å²) in [6.07, 6.45) is 6.63. The van der Waals surface area contributed by atoms with Crippen LogP contribution in [-0.4, -0.2) is 0 Å². The molecule has 1 heterocycles. The first-order chi connectivity index (χ1) is 13.8. The van der Waals surface area contributed by atoms with E-state index in [0.29, 0.717) is 12.0 Å². The largest absolute Gasteiger partial charge is 0.221 e. The molecule has 0 N–H and O–H groups in total. The Morgan fingerprint density at radius 3 is 2.54 bits per heavy atom. The van der Waals surface area contributed by atoms with Crippen LogP contribution in [0.15, 0.2) is 36.4 Å². The summed E-state index contributed by atoms with van der Waals surface area (Å²) in [6, 6.07) is 12.3. The van der Waals surface area contributed by atoms with E-state index in [2.05, 4.69) is 69.6 Å². The topological polar surface area (TPSA) is 3.88 Å². The highest BCUT2D eigenvalue weighted by molar-refractivity contribution is 6.01. The van der Waals surface area contributed by atoms with Crippen molar-refractivity contribution < 1.29 is 5.94 Å². The summed E-state index contributed by atoms with van der Waals surface area (Å²) < 4.78 is 11.2. The smallest absolute Gasteiger partial charge is 0.198 e. The molecule has 1 saturated carbocycles. The maximum atomic E-state index is 8.98. The highest BCUT2D eigenvalue weighted by Gasteiger charge is 2.39. The maximum Gasteiger partial charge on any atom is 0.221 e. The first-order valence-corrected chi connectivity index (χ1v) is 10.9. The molecule has 3 aromatic rings. The summed E-state index contributed by atoms with van der Waals surface area (Å²) >= 11 is 0. The monoisotopic (exact) mass is 371 g/mol. The molecule has 1 heteroatoms. The second-order valence-corrected chi connectivity index (χ2v) is 9.57. The zero-order valence-electron chi connectivity index (χ0n) is 18.9. The predicted octanol–water partition coefficient (Wildman–Crippen LogP) is 6.64. The van der Waals surface area contributed by atoms with E-state index in [9.17, 15) is 0 Å². The zero-order chi connectivity index (χ0) is 20.5. The number of benzene rings is 2. The number of nitrogens with zero attached hydrogens (tertiary/aromatic N) is 1. The second kappa shape index (κ2) is 6.17. The summed E-state index contributed by atoms with van der Waals surface area (Å²) in [5.74, 6) is 0.649. The van der Waals surface area contributed by atoms with Gasteiger partial charge in [0.15, 0.2) is 5.69 Å². The van der Waals surface area contributed by atoms with E-state index < -0.39 is 0 Å². The van der Waals surface area contributed by atoms with Crippen LogP contribution in [0.25, 0.3) is 22.0 Å². The minimum absolute atomic E-state index is 0.0635. The van der Waals surface area contributed by atoms with E-state index in [0.717, 1.165) is 11.1 Å². The van der Waals surface area contributed by atoms with Crippen LogP contribution in [0, 0.1) is 13.8 Å². The van der Waals surface area contributed by atoms with Gasteiger partial charge in [-0.2, -0.15) is 4.57 Å². The van der Waals surface area contributed by atoms with E-state index >= 15 is 0 Å². The standard InChI is InChI=1S/C27H32N/c1-17-10-9-13-22-24(17)26-25-21(14-18(2)28(26)5)15-20(16-23(25)27(22,3)4)19-11-7-6-8-12-19/h9-10,13-16,19H,6-8,11-12H2,1-5H3/q+1/i14D. The van der Waals surface area contributed by atoms with Gasteiger partial charge in [-0.3, -0.25) is 0 Å². The SMILES string of the molecule is [2H]c1c(C)[n+](C)c2c3c(cc(C4CCCCC4)cc13)C(C)(C)c1cccc(C)c1-2. The van der Waals surface area contributed by atoms with Crippen LogP contribution in [-0.2, 0) is 12.5 Å². The van der Waals surface area contributed by atoms with Crippen LogP contribution in [0.3, 0.4) is 0 Å². The van der Waals surface area contributed by atoms with Crippen LogP contribution in [0.5, 0.6) is 0 Å². The van der Waals surface area contributed by atoms with Crippen LogP contribution in [0.1, 0.15) is 81.2 Å². The minimum Gasteiger partial charge on any atom is -0.198 e. The summed E-state index contributed by atoms with van der Waals surface area (Å²) in [7, 11) is 2.13. The van der Waals surface area contributed by atoms with Crippen molar-refractivity contribution >= 4 is 10.8 Å². The molecule has 2 aliphatic rings. The Bertz CT molecular complexity index is 1150. The number of fused-ring (bicyclic) bond motifs is 2. The van der Waals surface area contributed by atoms with Gasteiger partial charge in [0.2, 0.25) is 5.69 Å². The molecule has 144 valence electrons. The number of hydrogen-bond donors (Lipinski definition) is 0. The molecule has 0 spiro atoms. The van der Waals surface area contributed by atoms with E-state index in [4.69, 9.17) is 1.37 Å². The average Bonchev–Trinajstić information content (AvgIpc) is 2.72. The van der Waals surface area contributed by atoms with Crippen molar-refractivity contribution in [1.82, 2.24) is 0 Å². The normalized spacial score (nSPS) is 18.8. The lowest BCUT2D eigenvalue weighted by Gasteiger charge is -2.35. The van der Waals surface area contributed by atoms with Gasteiger partial charge >= 0.3 is 0 Å². The molecule has 1 fully saturated rings. The summed E-state index contributed by atoms with van der Waals surface area (Å²) in [4.78, 5) is 0. The van der Waals surface area contributed by atoms with E-state index in [1.54, 1.807) is 0 Å². The van der Waals surface area contributed by atoms with Crippen molar-refractivity contribution in [3.8, 4) is 11.3 Å². The fraction of sp³-hybridized carbons (Fsp3) is 0.444. The molecule has 5 rings (SSSR count). The van der Waals surface area contributed by atoms with Gasteiger partial charge in [-0.05, 0) is 53.3 Å². The Hall–Kier alpha value is -2.15. The molecule has 0 bridgehead atoms. The van der Waals surface area contributed by atoms with Crippen molar-refractivity contribution in [2.45, 2.75) is 71.1 Å². The van der Waals surface area contributed by atoms with Gasteiger partial charge in [0.25, 0.3) is 0 Å². The number of pyridine rings is 1. The first kappa shape index (κ1) is 16.8. The molecule has 0 amide bonds. The third-order valence-electron chi connectivity index (χ3n) is 7.48. The second-order valence-electron chi connectivity index (χ2n) is 9.57. The van der Waals surface area contributed by atoms with Gasteiger partial charge in [-0.1, -0.05) is 63.4 Å². The molecule has 0 saturated heterocycles. The predicted molar refractivity (Wildman–Crippen MR) is 118 cm³/mol. The van der Waals surface area contributed by atoms with E-state index in [1.807, 2.05) is 0 Å². The molecule has 1 aromatic heterocycles. The minimum atomic E-state index is -0.0635. The fourth-order valence-corrected chi connectivity index (χ4v) is 5.74. The lowest BCUT2D eigenvalue weighted by atomic mass is 9.67. The molecule has 0 aliphatic heterocycles. The van der Waals surface area contributed by atoms with Crippen molar-refractivity contribution in [2.75, 3.05) is 0 Å². The Kier molecular flexibility index (Phi) is 3.70. The number of rotatable bonds is 1. The molecule has 28 heavy (non-hydrogen) atoms. The summed E-state index contributed by atoms with van der Waals surface area (Å²) in [5.41, 5.74) is 9.26. The summed E-state index contributed by atoms with van der Waals surface area (Å²) in [5, 5.41) is 2.45. The number of aryl methyl sites for hydroxylation is 1. The first-order valence-electron chi connectivity index (χ1n) is 11.4. The van der Waals surface area contributed by atoms with Gasteiger partial charge in [-0.25, -0.2) is 0 Å². The van der Waals surface area contributed by atoms with Crippen LogP contribution in [0.2, 0.25) is 0 Å². The molecular formula is C27H32N+. The van der Waals surface area contributed by atoms with Gasteiger partial charge in [-0.15, -0.1) is 0 Å². The van der Waals surface area contributed by atoms with Gasteiger partial charge in [0.05, 0.1) is 12.3 Å². The van der Waals surface area contributed by atoms with Crippen molar-refractivity contribution in [2.24, 2.45) is 7.05 Å². The van der Waals surface area contributed by atoms with Gasteiger partial charge < -0.3 is 0 Å². The van der Waals surface area contributed by atoms with Crippen LogP contribution < -0.4 is 4.57 Å². The highest BCUT2D eigenvalue weighted by atomic mass is 14.9. The Morgan fingerprint density at radius 2 is 1.79 bits per heavy atom. The molecular weight excluding hydrogens is 338 g/mol. The highest BCUT2D eigenvalue weighted by Crippen LogP contribution is 2.49. The molecule has 0 atom stereocenters. The molecule has 2 aromatic carbocycles. The lowest BCUT2D eigenvalue weighted by molar-refractivity contribution is -0.665. The van der Waals surface area contributed by atoms with E-state index in [1.165, 1.54) is 71.0 Å². The third kappa shape index (κ3) is 2.41. The van der Waals surface area contributed by atoms with Gasteiger partial charge in [0, 0.05) is 18.4 Å². The molecule has 0 radical (unpaired) electrons. The fourth-order valence-electron chi connectivity index (χ4n) is 5.74. The summed E-state index contributed by atoms with van der Waals surface area (Å²) in [6.45, 7) is 9.07.